The van der Waals surface area contributed by atoms with Crippen molar-refractivity contribution in [3.8, 4) is 0 Å². The van der Waals surface area contributed by atoms with Crippen molar-refractivity contribution in [2.45, 2.75) is 32.4 Å². The number of thiol groups is 1. The Morgan fingerprint density at radius 1 is 1.29 bits per heavy atom. The number of carboxylic acids is 1. The molecular weight excluding hydrogens is 300 g/mol. The van der Waals surface area contributed by atoms with E-state index in [-0.39, 0.29) is 25.3 Å². The Balaban J connectivity index is 4.17. The predicted molar refractivity (Wildman–Crippen MR) is 77.9 cm³/mol. The second kappa shape index (κ2) is 8.85. The lowest BCUT2D eigenvalue weighted by Gasteiger charge is -2.27. The second-order valence-electron chi connectivity index (χ2n) is 5.23. The van der Waals surface area contributed by atoms with Crippen molar-refractivity contribution < 1.29 is 29.7 Å². The summed E-state index contributed by atoms with van der Waals surface area (Å²) in [5.74, 6) is -2.49. The van der Waals surface area contributed by atoms with E-state index in [0.717, 1.165) is 0 Å². The Kier molecular flexibility index (Phi) is 8.30. The summed E-state index contributed by atoms with van der Waals surface area (Å²) in [4.78, 5) is 33.8. The first-order valence-corrected chi connectivity index (χ1v) is 6.98. The van der Waals surface area contributed by atoms with Gasteiger partial charge in [-0.2, -0.15) is 12.6 Å². The van der Waals surface area contributed by atoms with Crippen LogP contribution < -0.4 is 10.6 Å². The smallest absolute Gasteiger partial charge is 0.327 e. The zero-order valence-corrected chi connectivity index (χ0v) is 12.9. The number of carboxylic acid groups (broad SMARTS) is 1. The molecule has 0 aromatic heterocycles. The first-order valence-electron chi connectivity index (χ1n) is 6.35. The normalized spacial score (nSPS) is 14.1. The molecule has 0 bridgehead atoms. The first-order chi connectivity index (χ1) is 9.65. The average Bonchev–Trinajstić information content (AvgIpc) is 2.43. The highest BCUT2D eigenvalue weighted by Gasteiger charge is 2.32. The van der Waals surface area contributed by atoms with Gasteiger partial charge < -0.3 is 26.0 Å². The Bertz CT molecular complexity index is 388. The highest BCUT2D eigenvalue weighted by Crippen LogP contribution is 2.19. The molecular formula is C12H22N2O6S. The molecule has 0 rings (SSSR count). The molecule has 0 saturated heterocycles. The molecule has 0 fully saturated rings. The lowest BCUT2D eigenvalue weighted by Crippen LogP contribution is -2.47. The monoisotopic (exact) mass is 322 g/mol. The zero-order chi connectivity index (χ0) is 16.6. The number of aliphatic carboxylic acids is 1. The molecule has 8 nitrogen and oxygen atoms in total. The number of aliphatic hydroxyl groups excluding tert-OH is 2. The molecule has 0 spiro atoms. The summed E-state index contributed by atoms with van der Waals surface area (Å²) in [6.07, 6.45) is -1.54. The van der Waals surface area contributed by atoms with E-state index in [2.05, 4.69) is 23.3 Å². The average molecular weight is 322 g/mol. The van der Waals surface area contributed by atoms with Crippen LogP contribution in [-0.2, 0) is 14.4 Å². The van der Waals surface area contributed by atoms with Gasteiger partial charge in [0, 0.05) is 24.1 Å². The molecule has 0 heterocycles. The third-order valence-corrected chi connectivity index (χ3v) is 3.23. The Labute approximate surface area is 128 Å². The number of rotatable bonds is 9. The summed E-state index contributed by atoms with van der Waals surface area (Å²) in [6, 6.07) is -1.09. The van der Waals surface area contributed by atoms with Crippen molar-refractivity contribution in [2.24, 2.45) is 5.41 Å². The first kappa shape index (κ1) is 19.7. The van der Waals surface area contributed by atoms with Crippen LogP contribution in [0.25, 0.3) is 0 Å². The maximum atomic E-state index is 11.6. The van der Waals surface area contributed by atoms with Gasteiger partial charge in [0.2, 0.25) is 11.8 Å². The third kappa shape index (κ3) is 6.78. The molecule has 0 radical (unpaired) electrons. The molecule has 0 saturated carbocycles. The molecule has 5 N–H and O–H groups in total. The number of hydrogen-bond acceptors (Lipinski definition) is 6. The van der Waals surface area contributed by atoms with Crippen LogP contribution in [-0.4, -0.2) is 64.2 Å². The van der Waals surface area contributed by atoms with Gasteiger partial charge in [-0.3, -0.25) is 9.59 Å². The fourth-order valence-electron chi connectivity index (χ4n) is 1.29. The lowest BCUT2D eigenvalue weighted by atomic mass is 9.87. The van der Waals surface area contributed by atoms with Crippen LogP contribution >= 0.6 is 12.6 Å². The number of carbonyl (C=O) groups is 3. The molecule has 0 aromatic carbocycles. The quantitative estimate of drug-likeness (QED) is 0.282. The van der Waals surface area contributed by atoms with E-state index in [1.54, 1.807) is 0 Å². The Morgan fingerprint density at radius 3 is 2.29 bits per heavy atom. The van der Waals surface area contributed by atoms with Crippen LogP contribution in [0.1, 0.15) is 20.3 Å². The van der Waals surface area contributed by atoms with Crippen molar-refractivity contribution in [2.75, 3.05) is 18.9 Å². The molecule has 0 aromatic rings. The van der Waals surface area contributed by atoms with Crippen LogP contribution in [0.3, 0.4) is 0 Å². The molecule has 0 aliphatic heterocycles. The summed E-state index contributed by atoms with van der Waals surface area (Å²) in [5.41, 5.74) is -0.993. The highest BCUT2D eigenvalue weighted by atomic mass is 32.1. The number of carbonyl (C=O) groups excluding carboxylic acids is 2. The van der Waals surface area contributed by atoms with E-state index >= 15 is 0 Å². The standard InChI is InChI=1S/C12H22N2O6S/c1-12(2,6-15)9(17)10(18)13-4-3-8(16)14-7(5-21)11(19)20/h7,9,15,17,21H,3-6H2,1-2H3,(H,13,18)(H,14,16)(H,19,20)/t7-,9-/m0/s1. The molecule has 9 heteroatoms. The van der Waals surface area contributed by atoms with E-state index in [1.807, 2.05) is 0 Å². The Morgan fingerprint density at radius 2 is 1.86 bits per heavy atom. The van der Waals surface area contributed by atoms with Gasteiger partial charge in [0.1, 0.15) is 12.1 Å². The fraction of sp³-hybridized carbons (Fsp3) is 0.750. The van der Waals surface area contributed by atoms with E-state index in [4.69, 9.17) is 10.2 Å². The van der Waals surface area contributed by atoms with Gasteiger partial charge in [0.05, 0.1) is 6.61 Å². The van der Waals surface area contributed by atoms with Gasteiger partial charge in [0.15, 0.2) is 0 Å². The van der Waals surface area contributed by atoms with Gasteiger partial charge >= 0.3 is 5.97 Å². The molecule has 2 amide bonds. The Hall–Kier alpha value is -1.32. The number of nitrogens with one attached hydrogen (secondary N) is 2. The second-order valence-corrected chi connectivity index (χ2v) is 5.60. The van der Waals surface area contributed by atoms with Crippen molar-refractivity contribution in [1.29, 1.82) is 0 Å². The minimum absolute atomic E-state index is 0.0448. The van der Waals surface area contributed by atoms with Crippen molar-refractivity contribution >= 4 is 30.4 Å². The fourth-order valence-corrected chi connectivity index (χ4v) is 1.54. The maximum absolute atomic E-state index is 11.6. The highest BCUT2D eigenvalue weighted by molar-refractivity contribution is 7.80. The molecule has 2 atom stereocenters. The number of aliphatic hydroxyl groups is 2. The van der Waals surface area contributed by atoms with Gasteiger partial charge in [-0.05, 0) is 0 Å². The van der Waals surface area contributed by atoms with E-state index in [9.17, 15) is 19.5 Å². The predicted octanol–water partition coefficient (Wildman–Crippen LogP) is -1.63. The molecule has 21 heavy (non-hydrogen) atoms. The van der Waals surface area contributed by atoms with Crippen LogP contribution in [0.2, 0.25) is 0 Å². The van der Waals surface area contributed by atoms with E-state index in [1.165, 1.54) is 13.8 Å². The van der Waals surface area contributed by atoms with Crippen molar-refractivity contribution in [3.63, 3.8) is 0 Å². The molecule has 0 aliphatic rings. The van der Waals surface area contributed by atoms with Crippen molar-refractivity contribution in [3.05, 3.63) is 0 Å². The summed E-state index contributed by atoms with van der Waals surface area (Å²) in [6.45, 7) is 2.62. The minimum Gasteiger partial charge on any atom is -0.480 e. The summed E-state index contributed by atoms with van der Waals surface area (Å²) >= 11 is 3.80. The number of hydrogen-bond donors (Lipinski definition) is 6. The van der Waals surface area contributed by atoms with Crippen LogP contribution in [0, 0.1) is 5.41 Å². The SMILES string of the molecule is CC(C)(CO)[C@@H](O)C(=O)NCCC(=O)N[C@@H](CS)C(=O)O. The van der Waals surface area contributed by atoms with Gasteiger partial charge in [-0.1, -0.05) is 13.8 Å². The van der Waals surface area contributed by atoms with Gasteiger partial charge in [-0.15, -0.1) is 0 Å². The van der Waals surface area contributed by atoms with Crippen molar-refractivity contribution in [1.82, 2.24) is 10.6 Å². The summed E-state index contributed by atoms with van der Waals surface area (Å²) < 4.78 is 0. The summed E-state index contributed by atoms with van der Waals surface area (Å²) in [7, 11) is 0. The third-order valence-electron chi connectivity index (χ3n) is 2.86. The zero-order valence-electron chi connectivity index (χ0n) is 12.0. The maximum Gasteiger partial charge on any atom is 0.327 e. The molecule has 122 valence electrons. The minimum atomic E-state index is -1.41. The van der Waals surface area contributed by atoms with E-state index < -0.39 is 35.3 Å². The van der Waals surface area contributed by atoms with Crippen LogP contribution in [0.5, 0.6) is 0 Å². The topological polar surface area (TPSA) is 136 Å². The van der Waals surface area contributed by atoms with Crippen LogP contribution in [0.4, 0.5) is 0 Å². The van der Waals surface area contributed by atoms with Gasteiger partial charge in [-0.25, -0.2) is 4.79 Å². The van der Waals surface area contributed by atoms with Gasteiger partial charge in [0.25, 0.3) is 0 Å². The molecule has 0 unspecified atom stereocenters. The molecule has 0 aliphatic carbocycles. The summed E-state index contributed by atoms with van der Waals surface area (Å²) in [5, 5.41) is 32.1. The number of amides is 2. The largest absolute Gasteiger partial charge is 0.480 e. The lowest BCUT2D eigenvalue weighted by molar-refractivity contribution is -0.141. The van der Waals surface area contributed by atoms with E-state index in [0.29, 0.717) is 0 Å². The van der Waals surface area contributed by atoms with Crippen LogP contribution in [0.15, 0.2) is 0 Å².